The molecule has 0 radical (unpaired) electrons. The molecular formula is C10H9BF4KN3O. The summed E-state index contributed by atoms with van der Waals surface area (Å²) in [7, 11) is 1.59. The van der Waals surface area contributed by atoms with Crippen LogP contribution in [-0.2, 0) is 13.7 Å². The van der Waals surface area contributed by atoms with E-state index in [9.17, 15) is 17.3 Å². The second-order valence-electron chi connectivity index (χ2n) is 3.85. The van der Waals surface area contributed by atoms with Crippen LogP contribution in [0.4, 0.5) is 17.3 Å². The molecular weight excluding hydrogens is 304 g/mol. The Labute approximate surface area is 155 Å². The Balaban J connectivity index is 0.00000200. The molecule has 0 unspecified atom stereocenters. The summed E-state index contributed by atoms with van der Waals surface area (Å²) in [6.07, 6.45) is 1.26. The number of ether oxygens (including phenoxy) is 1. The predicted octanol–water partition coefficient (Wildman–Crippen LogP) is -1.41. The van der Waals surface area contributed by atoms with Gasteiger partial charge in [-0.1, -0.05) is 5.46 Å². The zero-order valence-electron chi connectivity index (χ0n) is 10.9. The van der Waals surface area contributed by atoms with Gasteiger partial charge in [0.25, 0.3) is 0 Å². The molecule has 0 spiro atoms. The molecule has 2 aromatic rings. The predicted molar refractivity (Wildman–Crippen MR) is 60.4 cm³/mol. The van der Waals surface area contributed by atoms with E-state index >= 15 is 0 Å². The molecule has 102 valence electrons. The zero-order chi connectivity index (χ0) is 14.0. The Morgan fingerprint density at radius 2 is 2.00 bits per heavy atom. The summed E-state index contributed by atoms with van der Waals surface area (Å²) in [6.45, 7) is -5.52. The summed E-state index contributed by atoms with van der Waals surface area (Å²) in [6, 6.07) is 2.29. The smallest absolute Gasteiger partial charge is 0.489 e. The molecule has 0 N–H and O–H groups in total. The third-order valence-corrected chi connectivity index (χ3v) is 2.49. The van der Waals surface area contributed by atoms with Crippen LogP contribution in [0.15, 0.2) is 24.5 Å². The number of nitrogens with zero attached hydrogens (tertiary/aromatic N) is 3. The quantitative estimate of drug-likeness (QED) is 0.514. The maximum atomic E-state index is 12.9. The molecule has 0 saturated heterocycles. The molecule has 0 bridgehead atoms. The fourth-order valence-electron chi connectivity index (χ4n) is 1.50. The summed E-state index contributed by atoms with van der Waals surface area (Å²) in [5.74, 6) is -1.01. The minimum Gasteiger partial charge on any atom is -0.489 e. The van der Waals surface area contributed by atoms with Crippen molar-refractivity contribution in [3.05, 3.63) is 36.2 Å². The van der Waals surface area contributed by atoms with Gasteiger partial charge in [-0.3, -0.25) is 4.68 Å². The normalized spacial score (nSPS) is 11.1. The maximum absolute atomic E-state index is 12.9. The van der Waals surface area contributed by atoms with Crippen molar-refractivity contribution in [2.45, 2.75) is 6.61 Å². The second kappa shape index (κ2) is 7.03. The molecule has 0 fully saturated rings. The molecule has 0 atom stereocenters. The molecule has 1 aromatic heterocycles. The van der Waals surface area contributed by atoms with Crippen LogP contribution in [0.25, 0.3) is 0 Å². The first-order chi connectivity index (χ1) is 8.88. The summed E-state index contributed by atoms with van der Waals surface area (Å²) in [5.41, 5.74) is -1.10. The first-order valence-electron chi connectivity index (χ1n) is 5.33. The van der Waals surface area contributed by atoms with Crippen LogP contribution < -0.4 is 61.6 Å². The van der Waals surface area contributed by atoms with E-state index < -0.39 is 24.0 Å². The minimum atomic E-state index is -5.34. The van der Waals surface area contributed by atoms with E-state index in [0.717, 1.165) is 12.1 Å². The van der Waals surface area contributed by atoms with Gasteiger partial charge in [-0.2, -0.15) is 5.10 Å². The van der Waals surface area contributed by atoms with Gasteiger partial charge in [-0.05, 0) is 18.2 Å². The van der Waals surface area contributed by atoms with Gasteiger partial charge in [0, 0.05) is 7.05 Å². The monoisotopic (exact) mass is 313 g/mol. The van der Waals surface area contributed by atoms with Crippen molar-refractivity contribution >= 4 is 12.4 Å². The standard InChI is InChI=1S/C10H9BF4N3O.K/c1-18-10(16-6-17-18)5-19-9-3-2-7(12)4-8(9)11(13,14)15;/h2-4,6H,5H2,1H3;/q-1;+1. The average Bonchev–Trinajstić information content (AvgIpc) is 2.72. The van der Waals surface area contributed by atoms with Crippen LogP contribution in [0.5, 0.6) is 5.75 Å². The molecule has 0 aliphatic rings. The van der Waals surface area contributed by atoms with Crippen molar-refractivity contribution in [2.75, 3.05) is 0 Å². The van der Waals surface area contributed by atoms with Gasteiger partial charge in [0.15, 0.2) is 5.82 Å². The molecule has 0 aliphatic heterocycles. The molecule has 1 aromatic carbocycles. The second-order valence-corrected chi connectivity index (χ2v) is 3.85. The molecule has 20 heavy (non-hydrogen) atoms. The van der Waals surface area contributed by atoms with Crippen LogP contribution >= 0.6 is 0 Å². The Hall–Kier alpha value is -0.419. The first-order valence-corrected chi connectivity index (χ1v) is 5.33. The topological polar surface area (TPSA) is 39.9 Å². The van der Waals surface area contributed by atoms with Gasteiger partial charge < -0.3 is 17.7 Å². The van der Waals surface area contributed by atoms with Crippen LogP contribution in [-0.4, -0.2) is 21.7 Å². The number of hydrogen-bond acceptors (Lipinski definition) is 3. The van der Waals surface area contributed by atoms with Crippen LogP contribution in [0.1, 0.15) is 5.82 Å². The SMILES string of the molecule is Cn1ncnc1COc1ccc(F)cc1[B-](F)(F)F.[K+]. The first kappa shape index (κ1) is 17.6. The van der Waals surface area contributed by atoms with Crippen LogP contribution in [0.2, 0.25) is 0 Å². The number of benzene rings is 1. The van der Waals surface area contributed by atoms with Crippen LogP contribution in [0, 0.1) is 5.82 Å². The van der Waals surface area contributed by atoms with E-state index in [2.05, 4.69) is 10.1 Å². The third-order valence-electron chi connectivity index (χ3n) is 2.49. The van der Waals surface area contributed by atoms with E-state index in [1.54, 1.807) is 7.05 Å². The van der Waals surface area contributed by atoms with Gasteiger partial charge in [0.2, 0.25) is 0 Å². The van der Waals surface area contributed by atoms with E-state index in [1.807, 2.05) is 0 Å². The molecule has 2 rings (SSSR count). The van der Waals surface area contributed by atoms with E-state index in [1.165, 1.54) is 11.0 Å². The molecule has 1 heterocycles. The Morgan fingerprint density at radius 3 is 2.55 bits per heavy atom. The van der Waals surface area contributed by atoms with E-state index in [0.29, 0.717) is 11.9 Å². The maximum Gasteiger partial charge on any atom is 1.00 e. The molecule has 10 heteroatoms. The zero-order valence-corrected chi connectivity index (χ0v) is 14.0. The summed E-state index contributed by atoms with van der Waals surface area (Å²) in [4.78, 5) is 3.82. The van der Waals surface area contributed by atoms with Crippen molar-refractivity contribution in [2.24, 2.45) is 7.05 Å². The molecule has 0 aliphatic carbocycles. The Kier molecular flexibility index (Phi) is 6.20. The number of halogens is 4. The van der Waals surface area contributed by atoms with Crippen LogP contribution in [0.3, 0.4) is 0 Å². The Morgan fingerprint density at radius 1 is 1.30 bits per heavy atom. The van der Waals surface area contributed by atoms with Gasteiger partial charge >= 0.3 is 58.4 Å². The van der Waals surface area contributed by atoms with Gasteiger partial charge in [-0.15, -0.1) is 0 Å². The number of aryl methyl sites for hydroxylation is 1. The summed E-state index contributed by atoms with van der Waals surface area (Å²) in [5, 5.41) is 3.76. The van der Waals surface area contributed by atoms with Crippen molar-refractivity contribution < 1.29 is 73.5 Å². The van der Waals surface area contributed by atoms with E-state index in [4.69, 9.17) is 4.74 Å². The van der Waals surface area contributed by atoms with Crippen molar-refractivity contribution in [3.8, 4) is 5.75 Å². The van der Waals surface area contributed by atoms with Crippen molar-refractivity contribution in [1.82, 2.24) is 14.8 Å². The van der Waals surface area contributed by atoms with Gasteiger partial charge in [-0.25, -0.2) is 9.37 Å². The molecule has 0 saturated carbocycles. The van der Waals surface area contributed by atoms with Gasteiger partial charge in [0.1, 0.15) is 18.8 Å². The largest absolute Gasteiger partial charge is 1.00 e. The number of aromatic nitrogens is 3. The molecule has 4 nitrogen and oxygen atoms in total. The summed E-state index contributed by atoms with van der Waals surface area (Å²) >= 11 is 0. The number of hydrogen-bond donors (Lipinski definition) is 0. The summed E-state index contributed by atoms with van der Waals surface area (Å²) < 4.78 is 57.6. The fraction of sp³-hybridized carbons (Fsp3) is 0.200. The molecule has 0 amide bonds. The van der Waals surface area contributed by atoms with Crippen molar-refractivity contribution in [3.63, 3.8) is 0 Å². The third kappa shape index (κ3) is 4.29. The van der Waals surface area contributed by atoms with Crippen molar-refractivity contribution in [1.29, 1.82) is 0 Å². The Bertz CT molecular complexity index is 590. The minimum absolute atomic E-state index is 0. The number of rotatable bonds is 4. The average molecular weight is 313 g/mol. The van der Waals surface area contributed by atoms with E-state index in [-0.39, 0.29) is 58.0 Å². The fourth-order valence-corrected chi connectivity index (χ4v) is 1.50. The van der Waals surface area contributed by atoms with Gasteiger partial charge in [0.05, 0.1) is 5.75 Å².